The predicted octanol–water partition coefficient (Wildman–Crippen LogP) is 0.769. The molecule has 1 aliphatic heterocycles. The molecule has 0 fully saturated rings. The molecule has 2 N–H and O–H groups in total. The van der Waals surface area contributed by atoms with Gasteiger partial charge in [0.15, 0.2) is 5.82 Å². The van der Waals surface area contributed by atoms with Crippen molar-refractivity contribution in [1.29, 1.82) is 0 Å². The van der Waals surface area contributed by atoms with E-state index in [1.807, 2.05) is 19.1 Å². The van der Waals surface area contributed by atoms with Crippen molar-refractivity contribution >= 4 is 17.4 Å². The minimum Gasteiger partial charge on any atom is -0.382 e. The maximum Gasteiger partial charge on any atom is 0.249 e. The first-order valence-electron chi connectivity index (χ1n) is 4.74. The number of nitrogens with zero attached hydrogens (tertiary/aromatic N) is 1. The second-order valence-electron chi connectivity index (χ2n) is 3.49. The van der Waals surface area contributed by atoms with E-state index in [2.05, 4.69) is 15.6 Å². The number of rotatable bonds is 2. The highest BCUT2D eigenvalue weighted by molar-refractivity contribution is 6.02. The molecule has 1 amide bonds. The van der Waals surface area contributed by atoms with Gasteiger partial charge in [-0.05, 0) is 19.1 Å². The van der Waals surface area contributed by atoms with Gasteiger partial charge in [-0.15, -0.1) is 0 Å². The minimum absolute atomic E-state index is 0.0880. The van der Waals surface area contributed by atoms with Gasteiger partial charge in [-0.3, -0.25) is 4.79 Å². The first-order valence-corrected chi connectivity index (χ1v) is 4.74. The van der Waals surface area contributed by atoms with Crippen LogP contribution >= 0.6 is 0 Å². The van der Waals surface area contributed by atoms with Crippen molar-refractivity contribution in [2.24, 2.45) is 0 Å². The fourth-order valence-corrected chi connectivity index (χ4v) is 1.50. The fraction of sp³-hybridized carbons (Fsp3) is 0.400. The second kappa shape index (κ2) is 3.86. The molecule has 2 heterocycles. The lowest BCUT2D eigenvalue weighted by Crippen LogP contribution is -2.42. The van der Waals surface area contributed by atoms with E-state index in [9.17, 15) is 4.79 Å². The average Bonchev–Trinajstić information content (AvgIpc) is 2.20. The summed E-state index contributed by atoms with van der Waals surface area (Å²) in [6.07, 6.45) is 0. The van der Waals surface area contributed by atoms with Gasteiger partial charge in [0.1, 0.15) is 6.04 Å². The number of aryl methyl sites for hydroxylation is 1. The number of methoxy groups -OCH3 is 1. The molecule has 0 aromatic carbocycles. The molecular weight excluding hydrogens is 194 g/mol. The number of fused-ring (bicyclic) bond motifs is 1. The van der Waals surface area contributed by atoms with Crippen molar-refractivity contribution in [3.05, 3.63) is 17.8 Å². The third-order valence-corrected chi connectivity index (χ3v) is 2.25. The van der Waals surface area contributed by atoms with Gasteiger partial charge in [-0.2, -0.15) is 0 Å². The van der Waals surface area contributed by atoms with Gasteiger partial charge in [0, 0.05) is 12.8 Å². The van der Waals surface area contributed by atoms with Crippen molar-refractivity contribution in [3.63, 3.8) is 0 Å². The van der Waals surface area contributed by atoms with Crippen LogP contribution in [0.3, 0.4) is 0 Å². The third kappa shape index (κ3) is 1.92. The minimum atomic E-state index is -0.364. The van der Waals surface area contributed by atoms with E-state index >= 15 is 0 Å². The lowest BCUT2D eigenvalue weighted by atomic mass is 10.2. The fourth-order valence-electron chi connectivity index (χ4n) is 1.50. The first kappa shape index (κ1) is 9.92. The van der Waals surface area contributed by atoms with Gasteiger partial charge in [-0.25, -0.2) is 4.98 Å². The van der Waals surface area contributed by atoms with Crippen LogP contribution in [-0.4, -0.2) is 30.6 Å². The van der Waals surface area contributed by atoms with Crippen LogP contribution in [0.15, 0.2) is 12.1 Å². The zero-order valence-electron chi connectivity index (χ0n) is 8.70. The SMILES string of the molecule is COCC1Nc2nc(C)ccc2NC1=O. The number of pyridine rings is 1. The molecule has 2 rings (SSSR count). The Morgan fingerprint density at radius 3 is 3.07 bits per heavy atom. The zero-order chi connectivity index (χ0) is 10.8. The summed E-state index contributed by atoms with van der Waals surface area (Å²) in [5, 5.41) is 5.82. The van der Waals surface area contributed by atoms with Crippen LogP contribution < -0.4 is 10.6 Å². The number of hydrogen-bond donors (Lipinski definition) is 2. The molecule has 5 nitrogen and oxygen atoms in total. The quantitative estimate of drug-likeness (QED) is 0.751. The third-order valence-electron chi connectivity index (χ3n) is 2.25. The standard InChI is InChI=1S/C10H13N3O2/c1-6-3-4-7-9(11-6)12-8(5-15-2)10(14)13-7/h3-4,8H,5H2,1-2H3,(H,11,12)(H,13,14). The summed E-state index contributed by atoms with van der Waals surface area (Å²) in [5.41, 5.74) is 1.63. The summed E-state index contributed by atoms with van der Waals surface area (Å²) in [6, 6.07) is 3.33. The summed E-state index contributed by atoms with van der Waals surface area (Å²) in [4.78, 5) is 15.8. The molecule has 1 aromatic rings. The number of carbonyl (C=O) groups excluding carboxylic acids is 1. The van der Waals surface area contributed by atoms with Crippen LogP contribution in [-0.2, 0) is 9.53 Å². The molecule has 5 heteroatoms. The molecular formula is C10H13N3O2. The predicted molar refractivity (Wildman–Crippen MR) is 56.9 cm³/mol. The van der Waals surface area contributed by atoms with E-state index in [1.165, 1.54) is 0 Å². The zero-order valence-corrected chi connectivity index (χ0v) is 8.70. The molecule has 1 aliphatic rings. The van der Waals surface area contributed by atoms with Crippen molar-refractivity contribution in [1.82, 2.24) is 4.98 Å². The Bertz CT molecular complexity index is 392. The molecule has 0 saturated heterocycles. The van der Waals surface area contributed by atoms with E-state index in [-0.39, 0.29) is 11.9 Å². The average molecular weight is 207 g/mol. The van der Waals surface area contributed by atoms with Crippen LogP contribution in [0.25, 0.3) is 0 Å². The number of anilines is 2. The lowest BCUT2D eigenvalue weighted by molar-refractivity contribution is -0.118. The van der Waals surface area contributed by atoms with Crippen molar-refractivity contribution in [3.8, 4) is 0 Å². The molecule has 0 aliphatic carbocycles. The van der Waals surface area contributed by atoms with Crippen LogP contribution in [0.2, 0.25) is 0 Å². The van der Waals surface area contributed by atoms with Crippen LogP contribution in [0.5, 0.6) is 0 Å². The number of nitrogens with one attached hydrogen (secondary N) is 2. The van der Waals surface area contributed by atoms with Gasteiger partial charge in [-0.1, -0.05) is 0 Å². The summed E-state index contributed by atoms with van der Waals surface area (Å²) in [6.45, 7) is 2.24. The topological polar surface area (TPSA) is 63.2 Å². The highest BCUT2D eigenvalue weighted by atomic mass is 16.5. The van der Waals surface area contributed by atoms with Crippen LogP contribution in [0.4, 0.5) is 11.5 Å². The second-order valence-corrected chi connectivity index (χ2v) is 3.49. The van der Waals surface area contributed by atoms with Gasteiger partial charge >= 0.3 is 0 Å². The van der Waals surface area contributed by atoms with E-state index in [0.29, 0.717) is 12.4 Å². The van der Waals surface area contributed by atoms with E-state index in [0.717, 1.165) is 11.4 Å². The number of hydrogen-bond acceptors (Lipinski definition) is 4. The molecule has 0 bridgehead atoms. The Balaban J connectivity index is 2.26. The maximum atomic E-state index is 11.6. The summed E-state index contributed by atoms with van der Waals surface area (Å²) in [5.74, 6) is 0.617. The monoisotopic (exact) mass is 207 g/mol. The van der Waals surface area contributed by atoms with Gasteiger partial charge in [0.05, 0.1) is 12.3 Å². The highest BCUT2D eigenvalue weighted by Crippen LogP contribution is 2.24. The van der Waals surface area contributed by atoms with E-state index < -0.39 is 0 Å². The Morgan fingerprint density at radius 1 is 1.53 bits per heavy atom. The Hall–Kier alpha value is -1.62. The van der Waals surface area contributed by atoms with Gasteiger partial charge in [0.2, 0.25) is 5.91 Å². The van der Waals surface area contributed by atoms with E-state index in [1.54, 1.807) is 7.11 Å². The maximum absolute atomic E-state index is 11.6. The van der Waals surface area contributed by atoms with Crippen molar-refractivity contribution in [2.75, 3.05) is 24.4 Å². The molecule has 1 aromatic heterocycles. The van der Waals surface area contributed by atoms with Gasteiger partial charge < -0.3 is 15.4 Å². The van der Waals surface area contributed by atoms with Gasteiger partial charge in [0.25, 0.3) is 0 Å². The molecule has 1 atom stereocenters. The van der Waals surface area contributed by atoms with Crippen LogP contribution in [0, 0.1) is 6.92 Å². The lowest BCUT2D eigenvalue weighted by Gasteiger charge is -2.25. The number of aromatic nitrogens is 1. The Kier molecular flexibility index (Phi) is 2.55. The molecule has 0 radical (unpaired) electrons. The van der Waals surface area contributed by atoms with Crippen LogP contribution in [0.1, 0.15) is 5.69 Å². The number of ether oxygens (including phenoxy) is 1. The molecule has 0 saturated carbocycles. The normalized spacial score (nSPS) is 19.1. The number of carbonyl (C=O) groups is 1. The van der Waals surface area contributed by atoms with E-state index in [4.69, 9.17) is 4.74 Å². The first-order chi connectivity index (χ1) is 7.20. The summed E-state index contributed by atoms with van der Waals surface area (Å²) < 4.78 is 4.95. The Morgan fingerprint density at radius 2 is 2.33 bits per heavy atom. The molecule has 1 unspecified atom stereocenters. The summed E-state index contributed by atoms with van der Waals surface area (Å²) in [7, 11) is 1.56. The Labute approximate surface area is 87.8 Å². The summed E-state index contributed by atoms with van der Waals surface area (Å²) >= 11 is 0. The smallest absolute Gasteiger partial charge is 0.249 e. The highest BCUT2D eigenvalue weighted by Gasteiger charge is 2.25. The molecule has 15 heavy (non-hydrogen) atoms. The molecule has 0 spiro atoms. The molecule has 80 valence electrons. The van der Waals surface area contributed by atoms with Crippen molar-refractivity contribution < 1.29 is 9.53 Å². The number of amides is 1. The van der Waals surface area contributed by atoms with Crippen molar-refractivity contribution in [2.45, 2.75) is 13.0 Å². The largest absolute Gasteiger partial charge is 0.382 e.